The maximum absolute atomic E-state index is 8.56. The van der Waals surface area contributed by atoms with Gasteiger partial charge < -0.3 is 0 Å². The lowest BCUT2D eigenvalue weighted by molar-refractivity contribution is 0.167. The summed E-state index contributed by atoms with van der Waals surface area (Å²) in [6, 6.07) is 2.14. The van der Waals surface area contributed by atoms with E-state index in [0.717, 1.165) is 18.8 Å². The van der Waals surface area contributed by atoms with Gasteiger partial charge in [-0.15, -0.1) is 0 Å². The lowest BCUT2D eigenvalue weighted by Gasteiger charge is -2.37. The number of hydrogen-bond donors (Lipinski definition) is 0. The molecule has 1 heteroatoms. The SMILES string of the molecule is CCC(C)(C)C1CCC(=CC#N)CC1. The Labute approximate surface area is 87.8 Å². The van der Waals surface area contributed by atoms with Crippen molar-refractivity contribution < 1.29 is 0 Å². The zero-order chi connectivity index (χ0) is 10.6. The molecule has 0 aromatic carbocycles. The number of hydrogen-bond acceptors (Lipinski definition) is 1. The van der Waals surface area contributed by atoms with Crippen molar-refractivity contribution in [3.8, 4) is 6.07 Å². The summed E-state index contributed by atoms with van der Waals surface area (Å²) < 4.78 is 0. The van der Waals surface area contributed by atoms with Crippen molar-refractivity contribution in [1.29, 1.82) is 5.26 Å². The number of rotatable bonds is 2. The summed E-state index contributed by atoms with van der Waals surface area (Å²) >= 11 is 0. The second-order valence-corrected chi connectivity index (χ2v) is 5.05. The van der Waals surface area contributed by atoms with Gasteiger partial charge in [-0.3, -0.25) is 0 Å². The Morgan fingerprint density at radius 1 is 1.43 bits per heavy atom. The number of nitrogens with zero attached hydrogens (tertiary/aromatic N) is 1. The summed E-state index contributed by atoms with van der Waals surface area (Å²) in [6.07, 6.45) is 7.83. The molecular formula is C13H21N. The molecule has 1 saturated carbocycles. The highest BCUT2D eigenvalue weighted by atomic mass is 14.3. The van der Waals surface area contributed by atoms with Crippen molar-refractivity contribution >= 4 is 0 Å². The van der Waals surface area contributed by atoms with Crippen molar-refractivity contribution in [3.05, 3.63) is 11.6 Å². The first-order valence-electron chi connectivity index (χ1n) is 5.67. The maximum Gasteiger partial charge on any atom is 0.0911 e. The standard InChI is InChI=1S/C13H21N/c1-4-13(2,3)12-7-5-11(6-8-12)9-10-14/h9,12H,4-8H2,1-3H3. The monoisotopic (exact) mass is 191 g/mol. The normalized spacial score (nSPS) is 23.0. The number of nitriles is 1. The predicted molar refractivity (Wildman–Crippen MR) is 59.7 cm³/mol. The van der Waals surface area contributed by atoms with Gasteiger partial charge in [0.1, 0.15) is 0 Å². The molecule has 0 saturated heterocycles. The average Bonchev–Trinajstić information content (AvgIpc) is 2.19. The van der Waals surface area contributed by atoms with Crippen molar-refractivity contribution in [2.75, 3.05) is 0 Å². The molecule has 0 aliphatic heterocycles. The van der Waals surface area contributed by atoms with Gasteiger partial charge in [-0.2, -0.15) is 5.26 Å². The van der Waals surface area contributed by atoms with Crippen LogP contribution < -0.4 is 0 Å². The fraction of sp³-hybridized carbons (Fsp3) is 0.769. The third-order valence-electron chi connectivity index (χ3n) is 3.91. The van der Waals surface area contributed by atoms with E-state index in [9.17, 15) is 0 Å². The van der Waals surface area contributed by atoms with E-state index < -0.39 is 0 Å². The fourth-order valence-corrected chi connectivity index (χ4v) is 2.29. The smallest absolute Gasteiger partial charge is 0.0911 e. The molecule has 1 nitrogen and oxygen atoms in total. The summed E-state index contributed by atoms with van der Waals surface area (Å²) in [6.45, 7) is 7.02. The van der Waals surface area contributed by atoms with Gasteiger partial charge >= 0.3 is 0 Å². The van der Waals surface area contributed by atoms with Crippen LogP contribution in [0.2, 0.25) is 0 Å². The van der Waals surface area contributed by atoms with Gasteiger partial charge in [0.05, 0.1) is 6.07 Å². The summed E-state index contributed by atoms with van der Waals surface area (Å²) in [4.78, 5) is 0. The molecule has 0 aromatic heterocycles. The Hall–Kier alpha value is -0.770. The lowest BCUT2D eigenvalue weighted by atomic mass is 9.69. The van der Waals surface area contributed by atoms with Gasteiger partial charge in [-0.25, -0.2) is 0 Å². The Kier molecular flexibility index (Phi) is 3.75. The minimum atomic E-state index is 0.484. The summed E-state index contributed by atoms with van der Waals surface area (Å²) in [5.41, 5.74) is 1.84. The first-order valence-corrected chi connectivity index (χ1v) is 5.67. The predicted octanol–water partition coefficient (Wildman–Crippen LogP) is 4.06. The van der Waals surface area contributed by atoms with Gasteiger partial charge in [-0.05, 0) is 37.0 Å². The molecule has 14 heavy (non-hydrogen) atoms. The molecule has 1 aliphatic rings. The third-order valence-corrected chi connectivity index (χ3v) is 3.91. The van der Waals surface area contributed by atoms with E-state index in [-0.39, 0.29) is 0 Å². The molecule has 1 fully saturated rings. The zero-order valence-electron chi connectivity index (χ0n) is 9.64. The van der Waals surface area contributed by atoms with E-state index in [0.29, 0.717) is 5.41 Å². The van der Waals surface area contributed by atoms with Crippen LogP contribution in [0.5, 0.6) is 0 Å². The van der Waals surface area contributed by atoms with Gasteiger partial charge in [0.25, 0.3) is 0 Å². The van der Waals surface area contributed by atoms with Crippen molar-refractivity contribution in [1.82, 2.24) is 0 Å². The van der Waals surface area contributed by atoms with E-state index >= 15 is 0 Å². The largest absolute Gasteiger partial charge is 0.193 e. The quantitative estimate of drug-likeness (QED) is 0.604. The topological polar surface area (TPSA) is 23.8 Å². The highest BCUT2D eigenvalue weighted by Crippen LogP contribution is 2.41. The van der Waals surface area contributed by atoms with Gasteiger partial charge in [0.2, 0.25) is 0 Å². The molecule has 0 aromatic rings. The minimum Gasteiger partial charge on any atom is -0.193 e. The lowest BCUT2D eigenvalue weighted by Crippen LogP contribution is -2.25. The van der Waals surface area contributed by atoms with Crippen LogP contribution in [0.3, 0.4) is 0 Å². The summed E-state index contributed by atoms with van der Waals surface area (Å²) in [5.74, 6) is 0.850. The van der Waals surface area contributed by atoms with E-state index in [1.54, 1.807) is 6.08 Å². The van der Waals surface area contributed by atoms with Gasteiger partial charge in [-0.1, -0.05) is 32.8 Å². The van der Waals surface area contributed by atoms with E-state index in [1.807, 2.05) is 0 Å². The van der Waals surface area contributed by atoms with E-state index in [2.05, 4.69) is 26.8 Å². The summed E-state index contributed by atoms with van der Waals surface area (Å²) in [7, 11) is 0. The Morgan fingerprint density at radius 3 is 2.43 bits per heavy atom. The second-order valence-electron chi connectivity index (χ2n) is 5.05. The first-order chi connectivity index (χ1) is 6.60. The zero-order valence-corrected chi connectivity index (χ0v) is 9.64. The molecule has 1 rings (SSSR count). The van der Waals surface area contributed by atoms with Crippen LogP contribution in [0.4, 0.5) is 0 Å². The van der Waals surface area contributed by atoms with Gasteiger partial charge in [0, 0.05) is 6.08 Å². The van der Waals surface area contributed by atoms with Crippen LogP contribution in [0.1, 0.15) is 52.9 Å². The van der Waals surface area contributed by atoms with Gasteiger partial charge in [0.15, 0.2) is 0 Å². The fourth-order valence-electron chi connectivity index (χ4n) is 2.29. The molecular weight excluding hydrogens is 170 g/mol. The second kappa shape index (κ2) is 4.64. The van der Waals surface area contributed by atoms with Crippen LogP contribution in [0.25, 0.3) is 0 Å². The average molecular weight is 191 g/mol. The molecule has 1 aliphatic carbocycles. The molecule has 0 atom stereocenters. The Balaban J connectivity index is 2.52. The molecule has 78 valence electrons. The Morgan fingerprint density at radius 2 is 2.00 bits per heavy atom. The van der Waals surface area contributed by atoms with Crippen molar-refractivity contribution in [3.63, 3.8) is 0 Å². The highest BCUT2D eigenvalue weighted by Gasteiger charge is 2.29. The maximum atomic E-state index is 8.56. The van der Waals surface area contributed by atoms with Crippen LogP contribution in [-0.4, -0.2) is 0 Å². The van der Waals surface area contributed by atoms with Crippen LogP contribution in [-0.2, 0) is 0 Å². The first kappa shape index (κ1) is 11.3. The molecule has 0 bridgehead atoms. The minimum absolute atomic E-state index is 0.484. The van der Waals surface area contributed by atoms with Crippen LogP contribution in [0, 0.1) is 22.7 Å². The molecule has 0 unspecified atom stereocenters. The van der Waals surface area contributed by atoms with Crippen molar-refractivity contribution in [2.24, 2.45) is 11.3 Å². The van der Waals surface area contributed by atoms with Crippen molar-refractivity contribution in [2.45, 2.75) is 52.9 Å². The molecule has 0 radical (unpaired) electrons. The third kappa shape index (κ3) is 2.61. The van der Waals surface area contributed by atoms with Crippen LogP contribution >= 0.6 is 0 Å². The van der Waals surface area contributed by atoms with Crippen LogP contribution in [0.15, 0.2) is 11.6 Å². The molecule has 0 N–H and O–H groups in total. The molecule has 0 heterocycles. The Bertz CT molecular complexity index is 245. The molecule has 0 amide bonds. The number of allylic oxidation sites excluding steroid dienone is 2. The van der Waals surface area contributed by atoms with E-state index in [4.69, 9.17) is 5.26 Å². The van der Waals surface area contributed by atoms with E-state index in [1.165, 1.54) is 24.8 Å². The highest BCUT2D eigenvalue weighted by molar-refractivity contribution is 5.15. The molecule has 0 spiro atoms. The summed E-state index contributed by atoms with van der Waals surface area (Å²) in [5, 5.41) is 8.56.